The lowest BCUT2D eigenvalue weighted by molar-refractivity contribution is -0.159. The Labute approximate surface area is 120 Å². The Morgan fingerprint density at radius 1 is 1.32 bits per heavy atom. The Hall–Kier alpha value is -0.970. The highest BCUT2D eigenvalue weighted by Crippen LogP contribution is 2.22. The van der Waals surface area contributed by atoms with E-state index in [4.69, 9.17) is 17.0 Å². The molecule has 4 nitrogen and oxygen atoms in total. The summed E-state index contributed by atoms with van der Waals surface area (Å²) in [5.41, 5.74) is -0.480. The topological polar surface area (TPSA) is 46.6 Å². The standard InChI is InChI=1S/C14H23NO3S/c1-10(16)7-8-12(19)15-9-5-6-11(15)13(17)18-14(2,3)4/h11H,5-9H2,1-4H3/t11-/m0/s1. The SMILES string of the molecule is CC(=O)CCC(=S)N1CCC[C@H]1C(=O)OC(C)(C)C. The fourth-order valence-corrected chi connectivity index (χ4v) is 2.43. The fraction of sp³-hybridized carbons (Fsp3) is 0.786. The van der Waals surface area contributed by atoms with Crippen LogP contribution in [0.5, 0.6) is 0 Å². The molecule has 0 aliphatic carbocycles. The number of hydrogen-bond acceptors (Lipinski definition) is 4. The molecule has 0 amide bonds. The number of carbonyl (C=O) groups is 2. The molecule has 0 aromatic carbocycles. The number of carbonyl (C=O) groups excluding carboxylic acids is 2. The summed E-state index contributed by atoms with van der Waals surface area (Å²) >= 11 is 5.34. The summed E-state index contributed by atoms with van der Waals surface area (Å²) in [4.78, 5) is 25.7. The van der Waals surface area contributed by atoms with E-state index in [1.165, 1.54) is 0 Å². The van der Waals surface area contributed by atoms with Crippen LogP contribution in [0.25, 0.3) is 0 Å². The van der Waals surface area contributed by atoms with Crippen LogP contribution in [0.2, 0.25) is 0 Å². The van der Waals surface area contributed by atoms with Crippen LogP contribution in [-0.2, 0) is 14.3 Å². The van der Waals surface area contributed by atoms with Gasteiger partial charge in [0, 0.05) is 19.4 Å². The first-order valence-electron chi connectivity index (χ1n) is 6.72. The molecule has 0 bridgehead atoms. The van der Waals surface area contributed by atoms with Crippen molar-refractivity contribution in [2.45, 2.75) is 65.0 Å². The van der Waals surface area contributed by atoms with Crippen molar-refractivity contribution in [1.29, 1.82) is 0 Å². The Bertz CT molecular complexity index is 373. The summed E-state index contributed by atoms with van der Waals surface area (Å²) in [6.07, 6.45) is 2.69. The molecule has 0 aromatic rings. The smallest absolute Gasteiger partial charge is 0.329 e. The average molecular weight is 285 g/mol. The summed E-state index contributed by atoms with van der Waals surface area (Å²) in [7, 11) is 0. The Morgan fingerprint density at radius 3 is 2.47 bits per heavy atom. The fourth-order valence-electron chi connectivity index (χ4n) is 2.11. The second kappa shape index (κ2) is 6.46. The molecule has 0 saturated carbocycles. The van der Waals surface area contributed by atoms with Gasteiger partial charge < -0.3 is 14.4 Å². The van der Waals surface area contributed by atoms with Gasteiger partial charge in [-0.1, -0.05) is 12.2 Å². The molecule has 1 saturated heterocycles. The van der Waals surface area contributed by atoms with Crippen molar-refractivity contribution >= 4 is 29.0 Å². The summed E-state index contributed by atoms with van der Waals surface area (Å²) in [6.45, 7) is 7.91. The van der Waals surface area contributed by atoms with Gasteiger partial charge >= 0.3 is 5.97 Å². The zero-order valence-electron chi connectivity index (χ0n) is 12.2. The molecule has 108 valence electrons. The number of Topliss-reactive ketones (excluding diaryl/α,β-unsaturated/α-hetero) is 1. The number of nitrogens with zero attached hydrogens (tertiary/aromatic N) is 1. The van der Waals surface area contributed by atoms with Crippen molar-refractivity contribution in [2.75, 3.05) is 6.54 Å². The van der Waals surface area contributed by atoms with E-state index >= 15 is 0 Å². The minimum Gasteiger partial charge on any atom is -0.458 e. The maximum atomic E-state index is 12.1. The van der Waals surface area contributed by atoms with Gasteiger partial charge in [-0.3, -0.25) is 0 Å². The van der Waals surface area contributed by atoms with Crippen LogP contribution in [0, 0.1) is 0 Å². The van der Waals surface area contributed by atoms with Crippen molar-refractivity contribution in [1.82, 2.24) is 4.90 Å². The predicted octanol–water partition coefficient (Wildman–Crippen LogP) is 2.49. The third-order valence-electron chi connectivity index (χ3n) is 2.94. The van der Waals surface area contributed by atoms with Gasteiger partial charge in [-0.15, -0.1) is 0 Å². The van der Waals surface area contributed by atoms with Crippen LogP contribution in [0.1, 0.15) is 53.4 Å². The van der Waals surface area contributed by atoms with Crippen molar-refractivity contribution in [3.05, 3.63) is 0 Å². The van der Waals surface area contributed by atoms with E-state index in [0.29, 0.717) is 17.8 Å². The van der Waals surface area contributed by atoms with E-state index in [1.54, 1.807) is 6.92 Å². The van der Waals surface area contributed by atoms with Gasteiger partial charge in [-0.05, 0) is 40.5 Å². The molecule has 1 rings (SSSR count). The number of thiocarbonyl (C=S) groups is 1. The molecule has 0 aromatic heterocycles. The normalized spacial score (nSPS) is 19.4. The molecule has 0 unspecified atom stereocenters. The van der Waals surface area contributed by atoms with Gasteiger partial charge in [-0.25, -0.2) is 4.79 Å². The van der Waals surface area contributed by atoms with E-state index in [0.717, 1.165) is 19.4 Å². The van der Waals surface area contributed by atoms with Crippen LogP contribution in [0.4, 0.5) is 0 Å². The number of ketones is 1. The summed E-state index contributed by atoms with van der Waals surface area (Å²) in [6, 6.07) is -0.279. The maximum Gasteiger partial charge on any atom is 0.329 e. The van der Waals surface area contributed by atoms with Gasteiger partial charge in [0.05, 0.1) is 4.99 Å². The first kappa shape index (κ1) is 16.1. The molecule has 1 heterocycles. The Morgan fingerprint density at radius 2 is 1.95 bits per heavy atom. The number of esters is 1. The van der Waals surface area contributed by atoms with Crippen molar-refractivity contribution in [3.8, 4) is 0 Å². The number of rotatable bonds is 4. The van der Waals surface area contributed by atoms with Crippen LogP contribution >= 0.6 is 12.2 Å². The molecule has 0 spiro atoms. The lowest BCUT2D eigenvalue weighted by Gasteiger charge is -2.29. The zero-order valence-corrected chi connectivity index (χ0v) is 13.0. The predicted molar refractivity (Wildman–Crippen MR) is 78.1 cm³/mol. The molecule has 1 fully saturated rings. The molecule has 0 N–H and O–H groups in total. The first-order chi connectivity index (χ1) is 8.70. The molecule has 5 heteroatoms. The van der Waals surface area contributed by atoms with Crippen LogP contribution in [0.15, 0.2) is 0 Å². The molecular weight excluding hydrogens is 262 g/mol. The summed E-state index contributed by atoms with van der Waals surface area (Å²) in [5, 5.41) is 0. The molecule has 1 atom stereocenters. The Kier molecular flexibility index (Phi) is 5.47. The van der Waals surface area contributed by atoms with Gasteiger partial charge in [-0.2, -0.15) is 0 Å². The number of ether oxygens (including phenoxy) is 1. The largest absolute Gasteiger partial charge is 0.458 e. The molecule has 0 radical (unpaired) electrons. The van der Waals surface area contributed by atoms with Gasteiger partial charge in [0.15, 0.2) is 0 Å². The van der Waals surface area contributed by atoms with Gasteiger partial charge in [0.2, 0.25) is 0 Å². The molecule has 1 aliphatic heterocycles. The molecular formula is C14H23NO3S. The zero-order chi connectivity index (χ0) is 14.6. The molecule has 19 heavy (non-hydrogen) atoms. The van der Waals surface area contributed by atoms with E-state index in [-0.39, 0.29) is 17.8 Å². The minimum atomic E-state index is -0.480. The number of hydrogen-bond donors (Lipinski definition) is 0. The third kappa shape index (κ3) is 5.27. The Balaban J connectivity index is 2.60. The second-order valence-corrected chi connectivity index (χ2v) is 6.45. The summed E-state index contributed by atoms with van der Waals surface area (Å²) in [5.74, 6) is -0.0921. The van der Waals surface area contributed by atoms with Crippen molar-refractivity contribution in [2.24, 2.45) is 0 Å². The second-order valence-electron chi connectivity index (χ2n) is 5.98. The van der Waals surface area contributed by atoms with Crippen LogP contribution in [0.3, 0.4) is 0 Å². The van der Waals surface area contributed by atoms with E-state index in [9.17, 15) is 9.59 Å². The van der Waals surface area contributed by atoms with Crippen molar-refractivity contribution in [3.63, 3.8) is 0 Å². The van der Waals surface area contributed by atoms with Crippen LogP contribution < -0.4 is 0 Å². The van der Waals surface area contributed by atoms with E-state index < -0.39 is 5.60 Å². The van der Waals surface area contributed by atoms with Crippen molar-refractivity contribution < 1.29 is 14.3 Å². The molecule has 1 aliphatic rings. The van der Waals surface area contributed by atoms with Crippen LogP contribution in [-0.4, -0.2) is 39.8 Å². The first-order valence-corrected chi connectivity index (χ1v) is 7.13. The highest BCUT2D eigenvalue weighted by molar-refractivity contribution is 7.80. The third-order valence-corrected chi connectivity index (χ3v) is 3.38. The highest BCUT2D eigenvalue weighted by atomic mass is 32.1. The summed E-state index contributed by atoms with van der Waals surface area (Å²) < 4.78 is 5.42. The van der Waals surface area contributed by atoms with Gasteiger partial charge in [0.25, 0.3) is 0 Å². The van der Waals surface area contributed by atoms with E-state index in [1.807, 2.05) is 25.7 Å². The van der Waals surface area contributed by atoms with Gasteiger partial charge in [0.1, 0.15) is 17.4 Å². The minimum absolute atomic E-state index is 0.121. The van der Waals surface area contributed by atoms with E-state index in [2.05, 4.69) is 0 Å². The quantitative estimate of drug-likeness (QED) is 0.586. The highest BCUT2D eigenvalue weighted by Gasteiger charge is 2.35. The lowest BCUT2D eigenvalue weighted by Crippen LogP contribution is -2.43. The monoisotopic (exact) mass is 285 g/mol. The lowest BCUT2D eigenvalue weighted by atomic mass is 10.1. The maximum absolute atomic E-state index is 12.1. The average Bonchev–Trinajstić information content (AvgIpc) is 2.72. The number of likely N-dealkylation sites (tertiary alicyclic amines) is 1.